The van der Waals surface area contributed by atoms with Crippen molar-refractivity contribution >= 4 is 11.6 Å². The maximum atomic E-state index is 13.3. The fraction of sp³-hybridized carbons (Fsp3) is 0.258. The van der Waals surface area contributed by atoms with Gasteiger partial charge in [0.2, 0.25) is 0 Å². The standard InChI is InChI=1S/C31H29F3N2O2/c1-3-26-13-14-27(38-26)18-35-25-15-21-9-12-24(16-22(21)17-25)36-30(37)28-6-4-5-19(2)29(28)20-7-10-23(11-8-20)31(32,33)34/h4-14,16,25,35H,3,15,17-18H2,1-2H3,(H,36,37)/t25-/m0/s1. The number of anilines is 1. The highest BCUT2D eigenvalue weighted by atomic mass is 19.4. The van der Waals surface area contributed by atoms with Crippen LogP contribution in [0.15, 0.2) is 77.2 Å². The minimum absolute atomic E-state index is 0.286. The molecule has 1 amide bonds. The van der Waals surface area contributed by atoms with Gasteiger partial charge in [0, 0.05) is 23.7 Å². The molecule has 4 aromatic rings. The van der Waals surface area contributed by atoms with Crippen molar-refractivity contribution in [1.29, 1.82) is 0 Å². The fourth-order valence-electron chi connectivity index (χ4n) is 5.06. The highest BCUT2D eigenvalue weighted by Crippen LogP contribution is 2.34. The van der Waals surface area contributed by atoms with E-state index in [1.165, 1.54) is 23.3 Å². The molecule has 1 aliphatic carbocycles. The molecule has 1 heterocycles. The van der Waals surface area contributed by atoms with Gasteiger partial charge < -0.3 is 15.1 Å². The zero-order valence-electron chi connectivity index (χ0n) is 21.3. The first kappa shape index (κ1) is 25.8. The van der Waals surface area contributed by atoms with Crippen molar-refractivity contribution in [1.82, 2.24) is 5.32 Å². The molecular weight excluding hydrogens is 489 g/mol. The molecule has 3 aromatic carbocycles. The predicted molar refractivity (Wildman–Crippen MR) is 142 cm³/mol. The largest absolute Gasteiger partial charge is 0.465 e. The summed E-state index contributed by atoms with van der Waals surface area (Å²) in [5, 5.41) is 6.55. The lowest BCUT2D eigenvalue weighted by Crippen LogP contribution is -2.28. The van der Waals surface area contributed by atoms with Crippen LogP contribution in [0.2, 0.25) is 0 Å². The molecule has 5 rings (SSSR count). The van der Waals surface area contributed by atoms with Crippen LogP contribution < -0.4 is 10.6 Å². The number of nitrogens with one attached hydrogen (secondary N) is 2. The van der Waals surface area contributed by atoms with E-state index in [4.69, 9.17) is 4.42 Å². The predicted octanol–water partition coefficient (Wildman–Crippen LogP) is 7.35. The van der Waals surface area contributed by atoms with Crippen molar-refractivity contribution < 1.29 is 22.4 Å². The number of carbonyl (C=O) groups excluding carboxylic acids is 1. The van der Waals surface area contributed by atoms with E-state index in [1.54, 1.807) is 12.1 Å². The molecule has 38 heavy (non-hydrogen) atoms. The summed E-state index contributed by atoms with van der Waals surface area (Å²) in [5.74, 6) is 1.60. The van der Waals surface area contributed by atoms with E-state index in [0.717, 1.165) is 48.5 Å². The first-order chi connectivity index (χ1) is 18.2. The van der Waals surface area contributed by atoms with Crippen molar-refractivity contribution in [3.8, 4) is 11.1 Å². The van der Waals surface area contributed by atoms with Crippen LogP contribution in [0.25, 0.3) is 11.1 Å². The quantitative estimate of drug-likeness (QED) is 0.269. The van der Waals surface area contributed by atoms with Gasteiger partial charge in [-0.2, -0.15) is 13.2 Å². The summed E-state index contributed by atoms with van der Waals surface area (Å²) in [7, 11) is 0. The third-order valence-electron chi connectivity index (χ3n) is 7.05. The van der Waals surface area contributed by atoms with Crippen molar-refractivity contribution in [3.63, 3.8) is 0 Å². The zero-order chi connectivity index (χ0) is 26.9. The summed E-state index contributed by atoms with van der Waals surface area (Å²) in [5.41, 5.74) is 4.79. The van der Waals surface area contributed by atoms with E-state index in [-0.39, 0.29) is 11.9 Å². The van der Waals surface area contributed by atoms with Gasteiger partial charge in [-0.25, -0.2) is 0 Å². The number of aryl methyl sites for hydroxylation is 2. The van der Waals surface area contributed by atoms with Gasteiger partial charge in [-0.3, -0.25) is 4.79 Å². The monoisotopic (exact) mass is 518 g/mol. The topological polar surface area (TPSA) is 54.3 Å². The molecular formula is C31H29F3N2O2. The zero-order valence-corrected chi connectivity index (χ0v) is 21.3. The molecule has 0 unspecified atom stereocenters. The normalized spacial score (nSPS) is 14.9. The molecule has 0 spiro atoms. The molecule has 4 nitrogen and oxygen atoms in total. The number of alkyl halides is 3. The number of benzene rings is 3. The van der Waals surface area contributed by atoms with Gasteiger partial charge in [-0.1, -0.05) is 37.3 Å². The molecule has 1 aromatic heterocycles. The average Bonchev–Trinajstić information content (AvgIpc) is 3.53. The number of carbonyl (C=O) groups is 1. The van der Waals surface area contributed by atoms with Gasteiger partial charge in [0.05, 0.1) is 12.1 Å². The molecule has 0 bridgehead atoms. The van der Waals surface area contributed by atoms with Crippen molar-refractivity contribution in [2.45, 2.75) is 51.9 Å². The SMILES string of the molecule is CCc1ccc(CN[C@H]2Cc3ccc(NC(=O)c4cccc(C)c4-c4ccc(C(F)(F)F)cc4)cc3C2)o1. The summed E-state index contributed by atoms with van der Waals surface area (Å²) in [6.45, 7) is 4.58. The second kappa shape index (κ2) is 10.5. The maximum Gasteiger partial charge on any atom is 0.416 e. The van der Waals surface area contributed by atoms with Gasteiger partial charge in [-0.15, -0.1) is 0 Å². The number of halogens is 3. The van der Waals surface area contributed by atoms with E-state index in [1.807, 2.05) is 43.3 Å². The van der Waals surface area contributed by atoms with E-state index in [9.17, 15) is 18.0 Å². The van der Waals surface area contributed by atoms with Gasteiger partial charge in [0.25, 0.3) is 5.91 Å². The van der Waals surface area contributed by atoms with Gasteiger partial charge in [0.15, 0.2) is 0 Å². The number of rotatable bonds is 7. The minimum Gasteiger partial charge on any atom is -0.465 e. The van der Waals surface area contributed by atoms with Crippen LogP contribution in [0.3, 0.4) is 0 Å². The van der Waals surface area contributed by atoms with Gasteiger partial charge >= 0.3 is 6.18 Å². The molecule has 1 atom stereocenters. The molecule has 0 saturated carbocycles. The van der Waals surface area contributed by atoms with Crippen molar-refractivity contribution in [2.24, 2.45) is 0 Å². The van der Waals surface area contributed by atoms with E-state index in [2.05, 4.69) is 17.6 Å². The van der Waals surface area contributed by atoms with Crippen LogP contribution in [0.5, 0.6) is 0 Å². The van der Waals surface area contributed by atoms with Crippen molar-refractivity contribution in [3.05, 3.63) is 112 Å². The van der Waals surface area contributed by atoms with Gasteiger partial charge in [0.1, 0.15) is 11.5 Å². The second-order valence-electron chi connectivity index (χ2n) is 9.72. The van der Waals surface area contributed by atoms with E-state index < -0.39 is 11.7 Å². The average molecular weight is 519 g/mol. The lowest BCUT2D eigenvalue weighted by atomic mass is 9.93. The van der Waals surface area contributed by atoms with Crippen LogP contribution in [-0.4, -0.2) is 11.9 Å². The summed E-state index contributed by atoms with van der Waals surface area (Å²) in [4.78, 5) is 13.3. The Hall–Kier alpha value is -3.84. The highest BCUT2D eigenvalue weighted by molar-refractivity contribution is 6.09. The van der Waals surface area contributed by atoms with Crippen LogP contribution in [0.4, 0.5) is 18.9 Å². The number of amides is 1. The number of hydrogen-bond acceptors (Lipinski definition) is 3. The highest BCUT2D eigenvalue weighted by Gasteiger charge is 2.30. The molecule has 0 radical (unpaired) electrons. The lowest BCUT2D eigenvalue weighted by Gasteiger charge is -2.15. The molecule has 0 aliphatic heterocycles. The minimum atomic E-state index is -4.41. The Morgan fingerprint density at radius 1 is 0.947 bits per heavy atom. The summed E-state index contributed by atoms with van der Waals surface area (Å²) in [6.07, 6.45) is -1.79. The second-order valence-corrected chi connectivity index (χ2v) is 9.72. The number of fused-ring (bicyclic) bond motifs is 1. The Bertz CT molecular complexity index is 1450. The molecule has 0 saturated heterocycles. The van der Waals surface area contributed by atoms with E-state index in [0.29, 0.717) is 28.9 Å². The number of hydrogen-bond donors (Lipinski definition) is 2. The first-order valence-electron chi connectivity index (χ1n) is 12.7. The summed E-state index contributed by atoms with van der Waals surface area (Å²) in [6, 6.07) is 20.5. The van der Waals surface area contributed by atoms with Crippen LogP contribution >= 0.6 is 0 Å². The lowest BCUT2D eigenvalue weighted by molar-refractivity contribution is -0.137. The number of furan rings is 1. The Morgan fingerprint density at radius 3 is 2.39 bits per heavy atom. The smallest absolute Gasteiger partial charge is 0.416 e. The molecule has 7 heteroatoms. The Kier molecular flexibility index (Phi) is 7.13. The van der Waals surface area contributed by atoms with Crippen LogP contribution in [0, 0.1) is 6.92 Å². The third kappa shape index (κ3) is 5.53. The van der Waals surface area contributed by atoms with E-state index >= 15 is 0 Å². The fourth-order valence-corrected chi connectivity index (χ4v) is 5.06. The molecule has 196 valence electrons. The van der Waals surface area contributed by atoms with Gasteiger partial charge in [-0.05, 0) is 90.0 Å². The Balaban J connectivity index is 1.29. The molecule has 0 fully saturated rings. The molecule has 1 aliphatic rings. The van der Waals surface area contributed by atoms with Crippen LogP contribution in [-0.2, 0) is 32.0 Å². The van der Waals surface area contributed by atoms with Crippen LogP contribution in [0.1, 0.15) is 51.1 Å². The third-order valence-corrected chi connectivity index (χ3v) is 7.05. The first-order valence-corrected chi connectivity index (χ1v) is 12.7. The summed E-state index contributed by atoms with van der Waals surface area (Å²) < 4.78 is 44.9. The molecule has 2 N–H and O–H groups in total. The Labute approximate surface area is 219 Å². The summed E-state index contributed by atoms with van der Waals surface area (Å²) >= 11 is 0. The maximum absolute atomic E-state index is 13.3. The van der Waals surface area contributed by atoms with Crippen molar-refractivity contribution in [2.75, 3.05) is 5.32 Å². The Morgan fingerprint density at radius 2 is 1.68 bits per heavy atom.